The average molecular weight is 385 g/mol. The number of amides is 2. The summed E-state index contributed by atoms with van der Waals surface area (Å²) in [5.74, 6) is -0.541. The van der Waals surface area contributed by atoms with Crippen molar-refractivity contribution in [3.05, 3.63) is 41.9 Å². The Morgan fingerprint density at radius 3 is 2.07 bits per heavy atom. The molecule has 148 valence electrons. The third kappa shape index (κ3) is 4.60. The Morgan fingerprint density at radius 1 is 0.964 bits per heavy atom. The van der Waals surface area contributed by atoms with Gasteiger partial charge in [0.1, 0.15) is 17.5 Å². The number of hydrogen-bond donors (Lipinski definition) is 0. The Balaban J connectivity index is 1.56. The van der Waals surface area contributed by atoms with E-state index in [0.29, 0.717) is 39.3 Å². The molecule has 0 aromatic heterocycles. The maximum atomic E-state index is 13.1. The summed E-state index contributed by atoms with van der Waals surface area (Å²) >= 11 is 0. The van der Waals surface area contributed by atoms with Gasteiger partial charge in [-0.15, -0.1) is 0 Å². The fraction of sp³-hybridized carbons (Fsp3) is 0.450. The van der Waals surface area contributed by atoms with E-state index in [9.17, 15) is 19.2 Å². The molecule has 0 atom stereocenters. The van der Waals surface area contributed by atoms with Crippen molar-refractivity contribution in [3.8, 4) is 6.07 Å². The smallest absolute Gasteiger partial charge is 0.266 e. The van der Waals surface area contributed by atoms with Gasteiger partial charge in [-0.25, -0.2) is 4.39 Å². The molecule has 7 nitrogen and oxygen atoms in total. The molecule has 0 saturated carbocycles. The minimum Gasteiger partial charge on any atom is -0.373 e. The first-order valence-electron chi connectivity index (χ1n) is 9.39. The number of anilines is 1. The minimum atomic E-state index is -0.285. The number of benzene rings is 1. The van der Waals surface area contributed by atoms with Crippen LogP contribution in [0.1, 0.15) is 6.92 Å². The normalized spacial score (nSPS) is 18.1. The molecule has 3 rings (SSSR count). The van der Waals surface area contributed by atoms with Gasteiger partial charge in [-0.3, -0.25) is 9.59 Å². The molecule has 0 bridgehead atoms. The van der Waals surface area contributed by atoms with Crippen molar-refractivity contribution in [2.45, 2.75) is 6.92 Å². The lowest BCUT2D eigenvalue weighted by Crippen LogP contribution is -2.50. The van der Waals surface area contributed by atoms with E-state index in [2.05, 4.69) is 4.90 Å². The molecule has 0 unspecified atom stereocenters. The van der Waals surface area contributed by atoms with Gasteiger partial charge >= 0.3 is 0 Å². The number of carbonyl (C=O) groups is 2. The number of carbonyl (C=O) groups excluding carboxylic acids is 2. The minimum absolute atomic E-state index is 0.00201. The second kappa shape index (κ2) is 8.74. The van der Waals surface area contributed by atoms with Crippen molar-refractivity contribution in [1.82, 2.24) is 14.7 Å². The van der Waals surface area contributed by atoms with Crippen LogP contribution in [0.4, 0.5) is 10.1 Å². The van der Waals surface area contributed by atoms with E-state index in [-0.39, 0.29) is 23.2 Å². The summed E-state index contributed by atoms with van der Waals surface area (Å²) < 4.78 is 13.1. The van der Waals surface area contributed by atoms with Crippen LogP contribution in [0.25, 0.3) is 0 Å². The number of halogens is 1. The number of hydrogen-bond acceptors (Lipinski definition) is 5. The van der Waals surface area contributed by atoms with Crippen LogP contribution in [0.15, 0.2) is 36.0 Å². The van der Waals surface area contributed by atoms with Crippen molar-refractivity contribution < 1.29 is 14.0 Å². The molecule has 2 aliphatic heterocycles. The van der Waals surface area contributed by atoms with E-state index >= 15 is 0 Å². The summed E-state index contributed by atoms with van der Waals surface area (Å²) in [7, 11) is 0. The Morgan fingerprint density at radius 2 is 1.54 bits per heavy atom. The van der Waals surface area contributed by atoms with Gasteiger partial charge < -0.3 is 19.6 Å². The fourth-order valence-corrected chi connectivity index (χ4v) is 3.47. The Kier molecular flexibility index (Phi) is 6.14. The van der Waals surface area contributed by atoms with Crippen molar-refractivity contribution in [2.75, 3.05) is 57.3 Å². The molecule has 28 heavy (non-hydrogen) atoms. The zero-order valence-electron chi connectivity index (χ0n) is 16.0. The van der Waals surface area contributed by atoms with Crippen LogP contribution in [0.2, 0.25) is 0 Å². The molecule has 2 fully saturated rings. The van der Waals surface area contributed by atoms with E-state index < -0.39 is 0 Å². The molecule has 0 radical (unpaired) electrons. The Labute approximate surface area is 164 Å². The van der Waals surface area contributed by atoms with Gasteiger partial charge in [0, 0.05) is 71.2 Å². The summed E-state index contributed by atoms with van der Waals surface area (Å²) in [6.45, 7) is 6.20. The highest BCUT2D eigenvalue weighted by Gasteiger charge is 2.25. The summed E-state index contributed by atoms with van der Waals surface area (Å²) in [4.78, 5) is 31.5. The van der Waals surface area contributed by atoms with Crippen LogP contribution in [0.3, 0.4) is 0 Å². The van der Waals surface area contributed by atoms with Crippen molar-refractivity contribution >= 4 is 17.5 Å². The molecule has 2 aliphatic rings. The van der Waals surface area contributed by atoms with Gasteiger partial charge in [0.15, 0.2) is 0 Å². The number of piperazine rings is 2. The van der Waals surface area contributed by atoms with Crippen LogP contribution in [-0.4, -0.2) is 78.9 Å². The standard InChI is InChI=1S/C20H24FN5O2/c1-16(27)24-10-12-26(13-11-24)20(28)17(14-22)15-23-6-8-25(9-7-23)19-4-2-18(21)3-5-19/h2-5,15H,6-13H2,1H3/b17-15-. The molecule has 0 N–H and O–H groups in total. The summed E-state index contributed by atoms with van der Waals surface area (Å²) in [5, 5.41) is 9.45. The monoisotopic (exact) mass is 385 g/mol. The Hall–Kier alpha value is -3.08. The van der Waals surface area contributed by atoms with E-state index in [1.54, 1.807) is 28.1 Å². The third-order valence-corrected chi connectivity index (χ3v) is 5.18. The summed E-state index contributed by atoms with van der Waals surface area (Å²) in [6.07, 6.45) is 1.64. The van der Waals surface area contributed by atoms with Gasteiger partial charge in [0.2, 0.25) is 5.91 Å². The molecule has 2 amide bonds. The summed E-state index contributed by atoms with van der Waals surface area (Å²) in [5.41, 5.74) is 1.08. The molecule has 1 aromatic rings. The highest BCUT2D eigenvalue weighted by molar-refractivity contribution is 5.97. The lowest BCUT2D eigenvalue weighted by molar-refractivity contribution is -0.136. The highest BCUT2D eigenvalue weighted by Crippen LogP contribution is 2.17. The predicted octanol–water partition coefficient (Wildman–Crippen LogP) is 1.05. The quantitative estimate of drug-likeness (QED) is 0.575. The number of nitrogens with zero attached hydrogens (tertiary/aromatic N) is 5. The second-order valence-electron chi connectivity index (χ2n) is 6.95. The summed E-state index contributed by atoms with van der Waals surface area (Å²) in [6, 6.07) is 8.42. The molecule has 8 heteroatoms. The van der Waals surface area contributed by atoms with Crippen LogP contribution < -0.4 is 4.90 Å². The van der Waals surface area contributed by atoms with Gasteiger partial charge in [-0.1, -0.05) is 0 Å². The second-order valence-corrected chi connectivity index (χ2v) is 6.95. The zero-order valence-corrected chi connectivity index (χ0v) is 16.0. The zero-order chi connectivity index (χ0) is 20.1. The van der Waals surface area contributed by atoms with E-state index in [1.165, 1.54) is 19.1 Å². The van der Waals surface area contributed by atoms with Crippen LogP contribution in [-0.2, 0) is 9.59 Å². The molecular formula is C20H24FN5O2. The van der Waals surface area contributed by atoms with Crippen LogP contribution in [0, 0.1) is 17.1 Å². The first-order valence-corrected chi connectivity index (χ1v) is 9.39. The van der Waals surface area contributed by atoms with Gasteiger partial charge in [0.25, 0.3) is 5.91 Å². The third-order valence-electron chi connectivity index (χ3n) is 5.18. The topological polar surface area (TPSA) is 70.9 Å². The molecule has 0 aliphatic carbocycles. The fourth-order valence-electron chi connectivity index (χ4n) is 3.47. The number of nitriles is 1. The number of rotatable bonds is 3. The van der Waals surface area contributed by atoms with E-state index in [4.69, 9.17) is 0 Å². The first kappa shape index (κ1) is 19.7. The molecule has 2 heterocycles. The van der Waals surface area contributed by atoms with Crippen molar-refractivity contribution in [2.24, 2.45) is 0 Å². The average Bonchev–Trinajstić information content (AvgIpc) is 2.72. The van der Waals surface area contributed by atoms with Gasteiger partial charge in [0.05, 0.1) is 0 Å². The van der Waals surface area contributed by atoms with Crippen LogP contribution in [0.5, 0.6) is 0 Å². The SMILES string of the molecule is CC(=O)N1CCN(C(=O)/C(C#N)=C\N2CCN(c3ccc(F)cc3)CC2)CC1. The largest absolute Gasteiger partial charge is 0.373 e. The van der Waals surface area contributed by atoms with E-state index in [0.717, 1.165) is 18.8 Å². The Bertz CT molecular complexity index is 786. The van der Waals surface area contributed by atoms with E-state index in [1.807, 2.05) is 11.0 Å². The molecule has 0 spiro atoms. The van der Waals surface area contributed by atoms with Crippen LogP contribution >= 0.6 is 0 Å². The van der Waals surface area contributed by atoms with Gasteiger partial charge in [-0.2, -0.15) is 5.26 Å². The lowest BCUT2D eigenvalue weighted by atomic mass is 10.2. The first-order chi connectivity index (χ1) is 13.5. The highest BCUT2D eigenvalue weighted by atomic mass is 19.1. The predicted molar refractivity (Wildman–Crippen MR) is 103 cm³/mol. The molecule has 1 aromatic carbocycles. The molecular weight excluding hydrogens is 361 g/mol. The van der Waals surface area contributed by atoms with Gasteiger partial charge in [-0.05, 0) is 24.3 Å². The lowest BCUT2D eigenvalue weighted by Gasteiger charge is -2.36. The maximum Gasteiger partial charge on any atom is 0.266 e. The molecule has 2 saturated heterocycles. The van der Waals surface area contributed by atoms with Crippen molar-refractivity contribution in [1.29, 1.82) is 5.26 Å². The van der Waals surface area contributed by atoms with Crippen molar-refractivity contribution in [3.63, 3.8) is 0 Å². The maximum absolute atomic E-state index is 13.1.